The van der Waals surface area contributed by atoms with Gasteiger partial charge in [0.1, 0.15) is 22.6 Å². The highest BCUT2D eigenvalue weighted by Crippen LogP contribution is 2.41. The molecule has 34 heavy (non-hydrogen) atoms. The number of alkyl halides is 6. The topological polar surface area (TPSA) is 35.5 Å². The second-order valence-electron chi connectivity index (χ2n) is 7.94. The molecule has 0 unspecified atom stereocenters. The van der Waals surface area contributed by atoms with Gasteiger partial charge < -0.3 is 9.47 Å². The maximum Gasteiger partial charge on any atom is 0.519 e. The second kappa shape index (κ2) is 12.1. The molecule has 0 N–H and O–H groups in total. The first-order valence-corrected chi connectivity index (χ1v) is 11.3. The van der Waals surface area contributed by atoms with E-state index in [-0.39, 0.29) is 24.0 Å². The number of hydrogen-bond donors (Lipinski definition) is 0. The first-order valence-electron chi connectivity index (χ1n) is 11.3. The predicted octanol–water partition coefficient (Wildman–Crippen LogP) is 8.77. The van der Waals surface area contributed by atoms with Crippen LogP contribution in [0.1, 0.15) is 74.6 Å². The van der Waals surface area contributed by atoms with Gasteiger partial charge in [-0.1, -0.05) is 63.8 Å². The fourth-order valence-electron chi connectivity index (χ4n) is 3.71. The van der Waals surface area contributed by atoms with E-state index in [4.69, 9.17) is 9.47 Å². The van der Waals surface area contributed by atoms with Gasteiger partial charge >= 0.3 is 18.5 Å². The van der Waals surface area contributed by atoms with Crippen molar-refractivity contribution in [3.05, 3.63) is 58.7 Å². The van der Waals surface area contributed by atoms with E-state index in [0.717, 1.165) is 37.8 Å². The minimum absolute atomic E-state index is 0.0554. The number of rotatable bonds is 10. The first-order chi connectivity index (χ1) is 16.0. The Hall–Kier alpha value is -2.71. The molecule has 9 heteroatoms. The average molecular weight is 490 g/mol. The summed E-state index contributed by atoms with van der Waals surface area (Å²) in [5.41, 5.74) is -2.37. The lowest BCUT2D eigenvalue weighted by molar-refractivity contribution is -0.139. The van der Waals surface area contributed by atoms with Crippen LogP contribution in [-0.4, -0.2) is 6.16 Å². The summed E-state index contributed by atoms with van der Waals surface area (Å²) < 4.78 is 92.0. The number of benzene rings is 2. The monoisotopic (exact) mass is 490 g/mol. The van der Waals surface area contributed by atoms with E-state index in [1.807, 2.05) is 13.8 Å². The molecule has 3 nitrogen and oxygen atoms in total. The summed E-state index contributed by atoms with van der Waals surface area (Å²) in [4.78, 5) is 12.3. The van der Waals surface area contributed by atoms with E-state index >= 15 is 0 Å². The molecule has 2 aromatic carbocycles. The van der Waals surface area contributed by atoms with Crippen LogP contribution in [0.15, 0.2) is 36.4 Å². The number of unbranched alkanes of at least 4 members (excludes halogenated alkanes) is 4. The van der Waals surface area contributed by atoms with Crippen molar-refractivity contribution in [2.24, 2.45) is 0 Å². The highest BCUT2D eigenvalue weighted by Gasteiger charge is 2.39. The van der Waals surface area contributed by atoms with Gasteiger partial charge in [0.2, 0.25) is 0 Å². The summed E-state index contributed by atoms with van der Waals surface area (Å²) in [5, 5.41) is 0. The van der Waals surface area contributed by atoms with Crippen molar-refractivity contribution in [2.45, 2.75) is 77.6 Å². The lowest BCUT2D eigenvalue weighted by atomic mass is 10.00. The molecule has 188 valence electrons. The van der Waals surface area contributed by atoms with Crippen LogP contribution in [0.25, 0.3) is 0 Å². The van der Waals surface area contributed by atoms with Crippen LogP contribution in [0.2, 0.25) is 0 Å². The first kappa shape index (κ1) is 27.5. The molecule has 0 radical (unpaired) electrons. The molecule has 0 bridgehead atoms. The summed E-state index contributed by atoms with van der Waals surface area (Å²) >= 11 is 0. The Balaban J connectivity index is 2.32. The molecular weight excluding hydrogens is 462 g/mol. The van der Waals surface area contributed by atoms with E-state index < -0.39 is 41.1 Å². The highest BCUT2D eigenvalue weighted by molar-refractivity contribution is 5.69. The molecule has 0 aliphatic rings. The predicted molar refractivity (Wildman–Crippen MR) is 116 cm³/mol. The number of carbonyl (C=O) groups is 1. The smallest absolute Gasteiger partial charge is 0.394 e. The van der Waals surface area contributed by atoms with E-state index in [1.54, 1.807) is 0 Å². The zero-order valence-corrected chi connectivity index (χ0v) is 19.1. The molecule has 0 aliphatic heterocycles. The molecule has 0 fully saturated rings. The lowest BCUT2D eigenvalue weighted by Gasteiger charge is -2.19. The van der Waals surface area contributed by atoms with Crippen LogP contribution in [0.3, 0.4) is 0 Å². The molecule has 0 heterocycles. The van der Waals surface area contributed by atoms with E-state index in [0.29, 0.717) is 12.8 Å². The van der Waals surface area contributed by atoms with Gasteiger partial charge in [-0.05, 0) is 48.9 Å². The molecule has 0 aliphatic carbocycles. The minimum atomic E-state index is -4.82. The summed E-state index contributed by atoms with van der Waals surface area (Å²) in [6, 6.07) is 7.07. The molecule has 2 rings (SSSR count). The number of carbonyl (C=O) groups excluding carboxylic acids is 1. The van der Waals surface area contributed by atoms with Gasteiger partial charge in [-0.15, -0.1) is 0 Å². The van der Waals surface area contributed by atoms with Gasteiger partial charge in [-0.3, -0.25) is 0 Å². The zero-order valence-electron chi connectivity index (χ0n) is 19.1. The summed E-state index contributed by atoms with van der Waals surface area (Å²) in [6.45, 7) is 3.82. The summed E-state index contributed by atoms with van der Waals surface area (Å²) in [6.07, 6.45) is -7.01. The molecule has 0 saturated carbocycles. The molecule has 0 aromatic heterocycles. The van der Waals surface area contributed by atoms with Crippen molar-refractivity contribution in [1.82, 2.24) is 0 Å². The Morgan fingerprint density at radius 1 is 0.676 bits per heavy atom. The quantitative estimate of drug-likeness (QED) is 0.145. The van der Waals surface area contributed by atoms with Crippen molar-refractivity contribution in [2.75, 3.05) is 0 Å². The van der Waals surface area contributed by atoms with Crippen LogP contribution in [0.4, 0.5) is 31.1 Å². The molecule has 2 aromatic rings. The third-order valence-electron chi connectivity index (χ3n) is 5.28. The molecule has 0 spiro atoms. The van der Waals surface area contributed by atoms with E-state index in [1.165, 1.54) is 24.3 Å². The maximum absolute atomic E-state index is 13.7. The van der Waals surface area contributed by atoms with Crippen LogP contribution < -0.4 is 9.47 Å². The summed E-state index contributed by atoms with van der Waals surface area (Å²) in [7, 11) is 0. The molecule has 0 amide bonds. The lowest BCUT2D eigenvalue weighted by Crippen LogP contribution is -2.20. The largest absolute Gasteiger partial charge is 0.519 e. The van der Waals surface area contributed by atoms with Gasteiger partial charge in [0.05, 0.1) is 0 Å². The molecule has 0 saturated heterocycles. The third kappa shape index (κ3) is 7.67. The summed E-state index contributed by atoms with van der Waals surface area (Å²) in [5.74, 6) is -1.61. The van der Waals surface area contributed by atoms with Crippen LogP contribution in [-0.2, 0) is 25.2 Å². The zero-order chi connectivity index (χ0) is 25.4. The molecule has 0 atom stereocenters. The minimum Gasteiger partial charge on any atom is -0.394 e. The second-order valence-corrected chi connectivity index (χ2v) is 7.94. The normalized spacial score (nSPS) is 12.0. The van der Waals surface area contributed by atoms with Crippen LogP contribution in [0, 0.1) is 0 Å². The van der Waals surface area contributed by atoms with Gasteiger partial charge in [0.25, 0.3) is 0 Å². The number of hydrogen-bond acceptors (Lipinski definition) is 3. The Morgan fingerprint density at radius 2 is 1.06 bits per heavy atom. The Kier molecular flexibility index (Phi) is 9.82. The van der Waals surface area contributed by atoms with Crippen LogP contribution >= 0.6 is 0 Å². The standard InChI is InChI=1S/C25H28F6O3/c1-3-5-7-11-17-13-9-15-19(21(17)24(26,27)28)33-23(32)34-20-16-10-14-18(12-8-6-4-2)22(20)25(29,30)31/h9-10,13-16H,3-8,11-12H2,1-2H3. The Labute approximate surface area is 195 Å². The van der Waals surface area contributed by atoms with Crippen molar-refractivity contribution in [3.8, 4) is 11.5 Å². The van der Waals surface area contributed by atoms with Gasteiger partial charge in [0.15, 0.2) is 0 Å². The van der Waals surface area contributed by atoms with Crippen molar-refractivity contribution < 1.29 is 40.6 Å². The average Bonchev–Trinajstić information content (AvgIpc) is 2.72. The van der Waals surface area contributed by atoms with Gasteiger partial charge in [-0.25, -0.2) is 4.79 Å². The van der Waals surface area contributed by atoms with Gasteiger partial charge in [0, 0.05) is 0 Å². The fourth-order valence-corrected chi connectivity index (χ4v) is 3.71. The van der Waals surface area contributed by atoms with Crippen molar-refractivity contribution >= 4 is 6.16 Å². The molecular formula is C25H28F6O3. The van der Waals surface area contributed by atoms with E-state index in [2.05, 4.69) is 0 Å². The van der Waals surface area contributed by atoms with Crippen LogP contribution in [0.5, 0.6) is 11.5 Å². The number of halogens is 6. The SMILES string of the molecule is CCCCCc1cccc(OC(=O)Oc2cccc(CCCCC)c2C(F)(F)F)c1C(F)(F)F. The Bertz CT molecular complexity index is 875. The Morgan fingerprint density at radius 3 is 1.38 bits per heavy atom. The number of aryl methyl sites for hydroxylation is 2. The third-order valence-corrected chi connectivity index (χ3v) is 5.28. The van der Waals surface area contributed by atoms with Crippen molar-refractivity contribution in [3.63, 3.8) is 0 Å². The maximum atomic E-state index is 13.7. The van der Waals surface area contributed by atoms with Crippen molar-refractivity contribution in [1.29, 1.82) is 0 Å². The van der Waals surface area contributed by atoms with E-state index in [9.17, 15) is 31.1 Å². The number of ether oxygens (including phenoxy) is 2. The highest BCUT2D eigenvalue weighted by atomic mass is 19.4. The van der Waals surface area contributed by atoms with Gasteiger partial charge in [-0.2, -0.15) is 26.3 Å². The fraction of sp³-hybridized carbons (Fsp3) is 0.480.